The van der Waals surface area contributed by atoms with Crippen LogP contribution in [0.5, 0.6) is 0 Å². The van der Waals surface area contributed by atoms with Gasteiger partial charge in [-0.1, -0.05) is 0 Å². The number of thiophene rings is 1. The van der Waals surface area contributed by atoms with Gasteiger partial charge in [0, 0.05) is 0 Å². The molecule has 1 heterocycles. The lowest BCUT2D eigenvalue weighted by molar-refractivity contribution is -0.163. The Labute approximate surface area is 93.4 Å². The summed E-state index contributed by atoms with van der Waals surface area (Å²) in [5.74, 6) is -0.748. The molecule has 0 aliphatic heterocycles. The van der Waals surface area contributed by atoms with Gasteiger partial charge in [0.15, 0.2) is 0 Å². The van der Waals surface area contributed by atoms with Gasteiger partial charge in [0.1, 0.15) is 10.4 Å². The molecule has 0 unspecified atom stereocenters. The molecular weight excluding hydrogens is 241 g/mol. The lowest BCUT2D eigenvalue weighted by atomic mass is 10.2. The van der Waals surface area contributed by atoms with Crippen LogP contribution in [0.3, 0.4) is 0 Å². The average Bonchev–Trinajstić information content (AvgIpc) is 2.81. The van der Waals surface area contributed by atoms with E-state index in [0.717, 1.165) is 11.3 Å². The zero-order chi connectivity index (χ0) is 12.0. The van der Waals surface area contributed by atoms with Gasteiger partial charge >= 0.3 is 6.18 Å². The van der Waals surface area contributed by atoms with E-state index in [0.29, 0.717) is 0 Å². The van der Waals surface area contributed by atoms with Crippen molar-refractivity contribution in [2.45, 2.75) is 24.6 Å². The van der Waals surface area contributed by atoms with Gasteiger partial charge in [0.2, 0.25) is 0 Å². The Kier molecular flexibility index (Phi) is 2.37. The Morgan fingerprint density at radius 1 is 1.50 bits per heavy atom. The van der Waals surface area contributed by atoms with Crippen LogP contribution in [0.4, 0.5) is 18.9 Å². The fourth-order valence-corrected chi connectivity index (χ4v) is 2.10. The number of amides is 1. The van der Waals surface area contributed by atoms with Crippen molar-refractivity contribution < 1.29 is 18.0 Å². The highest BCUT2D eigenvalue weighted by Crippen LogP contribution is 2.49. The minimum absolute atomic E-state index is 0.0620. The molecule has 0 radical (unpaired) electrons. The molecule has 1 aromatic heterocycles. The first kappa shape index (κ1) is 11.3. The van der Waals surface area contributed by atoms with Crippen LogP contribution >= 0.6 is 11.3 Å². The number of alkyl halides is 3. The number of hydrogen-bond donors (Lipinski definition) is 2. The zero-order valence-electron chi connectivity index (χ0n) is 8.10. The van der Waals surface area contributed by atoms with Crippen molar-refractivity contribution in [1.82, 2.24) is 5.32 Å². The normalized spacial score (nSPS) is 18.2. The Morgan fingerprint density at radius 2 is 2.12 bits per heavy atom. The van der Waals surface area contributed by atoms with E-state index in [1.165, 1.54) is 6.07 Å². The number of carbonyl (C=O) groups is 1. The van der Waals surface area contributed by atoms with Gasteiger partial charge in [0.25, 0.3) is 5.91 Å². The van der Waals surface area contributed by atoms with Crippen molar-refractivity contribution >= 4 is 22.9 Å². The van der Waals surface area contributed by atoms with Crippen molar-refractivity contribution in [3.63, 3.8) is 0 Å². The molecule has 1 saturated carbocycles. The predicted octanol–water partition coefficient (Wildman–Crippen LogP) is 2.16. The highest BCUT2D eigenvalue weighted by molar-refractivity contribution is 7.12. The largest absolute Gasteiger partial charge is 0.411 e. The maximum absolute atomic E-state index is 12.6. The molecule has 7 heteroatoms. The summed E-state index contributed by atoms with van der Waals surface area (Å²) in [5, 5.41) is 3.58. The summed E-state index contributed by atoms with van der Waals surface area (Å²) in [4.78, 5) is 11.7. The van der Waals surface area contributed by atoms with E-state index in [2.05, 4.69) is 0 Å². The highest BCUT2D eigenvalue weighted by Gasteiger charge is 2.64. The molecule has 3 nitrogen and oxygen atoms in total. The van der Waals surface area contributed by atoms with E-state index in [-0.39, 0.29) is 23.4 Å². The number of anilines is 1. The summed E-state index contributed by atoms with van der Waals surface area (Å²) >= 11 is 1.03. The fourth-order valence-electron chi connectivity index (χ4n) is 1.38. The van der Waals surface area contributed by atoms with Crippen molar-refractivity contribution in [3.8, 4) is 0 Å². The predicted molar refractivity (Wildman–Crippen MR) is 54.2 cm³/mol. The summed E-state index contributed by atoms with van der Waals surface area (Å²) in [6, 6.07) is 1.49. The van der Waals surface area contributed by atoms with Gasteiger partial charge in [0.05, 0.1) is 5.69 Å². The van der Waals surface area contributed by atoms with Crippen LogP contribution in [-0.4, -0.2) is 17.6 Å². The Hall–Kier alpha value is -1.24. The van der Waals surface area contributed by atoms with Gasteiger partial charge < -0.3 is 11.1 Å². The first-order chi connectivity index (χ1) is 7.36. The molecule has 0 bridgehead atoms. The fraction of sp³-hybridized carbons (Fsp3) is 0.444. The van der Waals surface area contributed by atoms with Gasteiger partial charge in [-0.15, -0.1) is 11.3 Å². The SMILES string of the molecule is Nc1ccsc1C(=O)NC1(C(F)(F)F)CC1. The van der Waals surface area contributed by atoms with Crippen molar-refractivity contribution in [2.75, 3.05) is 5.73 Å². The topological polar surface area (TPSA) is 55.1 Å². The molecule has 1 amide bonds. The lowest BCUT2D eigenvalue weighted by Crippen LogP contribution is -2.47. The molecule has 1 fully saturated rings. The second kappa shape index (κ2) is 3.38. The minimum atomic E-state index is -4.39. The molecule has 88 valence electrons. The third-order valence-corrected chi connectivity index (χ3v) is 3.48. The first-order valence-corrected chi connectivity index (χ1v) is 5.46. The number of rotatable bonds is 2. The van der Waals surface area contributed by atoms with E-state index < -0.39 is 17.6 Å². The third-order valence-electron chi connectivity index (χ3n) is 2.55. The van der Waals surface area contributed by atoms with Crippen LogP contribution in [0.1, 0.15) is 22.5 Å². The summed E-state index contributed by atoms with van der Waals surface area (Å²) in [6.07, 6.45) is -4.52. The first-order valence-electron chi connectivity index (χ1n) is 4.58. The molecule has 1 aliphatic rings. The van der Waals surface area contributed by atoms with E-state index in [4.69, 9.17) is 5.73 Å². The monoisotopic (exact) mass is 250 g/mol. The third kappa shape index (κ3) is 1.75. The van der Waals surface area contributed by atoms with E-state index in [1.807, 2.05) is 5.32 Å². The second-order valence-corrected chi connectivity index (χ2v) is 4.66. The molecule has 0 spiro atoms. The van der Waals surface area contributed by atoms with Gasteiger partial charge in [-0.3, -0.25) is 4.79 Å². The minimum Gasteiger partial charge on any atom is -0.397 e. The van der Waals surface area contributed by atoms with Crippen LogP contribution in [0.25, 0.3) is 0 Å². The zero-order valence-corrected chi connectivity index (χ0v) is 8.91. The smallest absolute Gasteiger partial charge is 0.397 e. The number of nitrogen functional groups attached to an aromatic ring is 1. The van der Waals surface area contributed by atoms with Crippen molar-refractivity contribution in [3.05, 3.63) is 16.3 Å². The number of halogens is 3. The average molecular weight is 250 g/mol. The lowest BCUT2D eigenvalue weighted by Gasteiger charge is -2.20. The molecule has 0 saturated heterocycles. The maximum atomic E-state index is 12.6. The van der Waals surface area contributed by atoms with Gasteiger partial charge in [-0.2, -0.15) is 13.2 Å². The Balaban J connectivity index is 2.13. The number of carbonyl (C=O) groups excluding carboxylic acids is 1. The quantitative estimate of drug-likeness (QED) is 0.845. The number of nitrogens with one attached hydrogen (secondary N) is 1. The van der Waals surface area contributed by atoms with Crippen LogP contribution in [0.2, 0.25) is 0 Å². The van der Waals surface area contributed by atoms with E-state index in [1.54, 1.807) is 5.38 Å². The van der Waals surface area contributed by atoms with Crippen LogP contribution in [0.15, 0.2) is 11.4 Å². The van der Waals surface area contributed by atoms with E-state index in [9.17, 15) is 18.0 Å². The Bertz CT molecular complexity index is 423. The number of nitrogens with two attached hydrogens (primary N) is 1. The van der Waals surface area contributed by atoms with Gasteiger partial charge in [-0.05, 0) is 24.3 Å². The van der Waals surface area contributed by atoms with E-state index >= 15 is 0 Å². The van der Waals surface area contributed by atoms with Crippen LogP contribution in [-0.2, 0) is 0 Å². The summed E-state index contributed by atoms with van der Waals surface area (Å²) < 4.78 is 37.7. The Morgan fingerprint density at radius 3 is 2.50 bits per heavy atom. The van der Waals surface area contributed by atoms with Gasteiger partial charge in [-0.25, -0.2) is 0 Å². The van der Waals surface area contributed by atoms with Crippen LogP contribution in [0, 0.1) is 0 Å². The summed E-state index contributed by atoms with van der Waals surface area (Å²) in [6.45, 7) is 0. The van der Waals surface area contributed by atoms with Crippen LogP contribution < -0.4 is 11.1 Å². The highest BCUT2D eigenvalue weighted by atomic mass is 32.1. The van der Waals surface area contributed by atoms with Crippen molar-refractivity contribution in [2.24, 2.45) is 0 Å². The molecular formula is C9H9F3N2OS. The standard InChI is InChI=1S/C9H9F3N2OS/c10-9(11,12)8(2-3-8)14-7(15)6-5(13)1-4-16-6/h1,4H,2-3,13H2,(H,14,15). The molecule has 0 aromatic carbocycles. The summed E-state index contributed by atoms with van der Waals surface area (Å²) in [7, 11) is 0. The molecule has 16 heavy (non-hydrogen) atoms. The molecule has 0 atom stereocenters. The maximum Gasteiger partial charge on any atom is 0.411 e. The molecule has 3 N–H and O–H groups in total. The number of hydrogen-bond acceptors (Lipinski definition) is 3. The van der Waals surface area contributed by atoms with Crippen molar-refractivity contribution in [1.29, 1.82) is 0 Å². The second-order valence-electron chi connectivity index (χ2n) is 3.74. The summed E-state index contributed by atoms with van der Waals surface area (Å²) in [5.41, 5.74) is 3.64. The molecule has 2 rings (SSSR count). The molecule has 1 aliphatic carbocycles. The molecule has 1 aromatic rings.